The second-order valence-electron chi connectivity index (χ2n) is 5.94. The number of benzene rings is 1. The maximum atomic E-state index is 5.73. The van der Waals surface area contributed by atoms with Gasteiger partial charge in [0.05, 0.1) is 0 Å². The van der Waals surface area contributed by atoms with E-state index >= 15 is 0 Å². The number of aromatic nitrogens is 1. The Hall–Kier alpha value is -2.03. The Morgan fingerprint density at radius 3 is 2.33 bits per heavy atom. The van der Waals surface area contributed by atoms with Crippen LogP contribution in [0.3, 0.4) is 0 Å². The molecule has 3 rings (SSSR count). The lowest BCUT2D eigenvalue weighted by atomic mass is 9.85. The van der Waals surface area contributed by atoms with Gasteiger partial charge in [-0.05, 0) is 54.7 Å². The molecule has 0 atom stereocenters. The van der Waals surface area contributed by atoms with Crippen LogP contribution in [0.4, 0.5) is 17.2 Å². The van der Waals surface area contributed by atoms with Gasteiger partial charge in [0.2, 0.25) is 0 Å². The highest BCUT2D eigenvalue weighted by atomic mass is 15.2. The van der Waals surface area contributed by atoms with Crippen LogP contribution in [-0.4, -0.2) is 12.0 Å². The van der Waals surface area contributed by atoms with Gasteiger partial charge in [0, 0.05) is 24.6 Å². The number of hydrogen-bond donors (Lipinski definition) is 1. The van der Waals surface area contributed by atoms with Crippen molar-refractivity contribution in [2.45, 2.75) is 38.0 Å². The molecule has 1 aliphatic rings. The third-order valence-electron chi connectivity index (χ3n) is 4.47. The molecule has 3 heteroatoms. The molecule has 1 aromatic carbocycles. The van der Waals surface area contributed by atoms with Crippen molar-refractivity contribution in [3.8, 4) is 0 Å². The van der Waals surface area contributed by atoms with Gasteiger partial charge in [0.25, 0.3) is 0 Å². The predicted octanol–water partition coefficient (Wildman–Crippen LogP) is 4.48. The molecule has 0 aliphatic heterocycles. The highest BCUT2D eigenvalue weighted by molar-refractivity contribution is 5.61. The number of nitrogen functional groups attached to an aromatic ring is 1. The zero-order valence-corrected chi connectivity index (χ0v) is 12.6. The Bertz CT molecular complexity index is 568. The van der Waals surface area contributed by atoms with Gasteiger partial charge < -0.3 is 10.6 Å². The van der Waals surface area contributed by atoms with Crippen LogP contribution in [0.15, 0.2) is 42.6 Å². The molecule has 0 unspecified atom stereocenters. The molecule has 0 amide bonds. The summed E-state index contributed by atoms with van der Waals surface area (Å²) in [6, 6.07) is 12.2. The highest BCUT2D eigenvalue weighted by Crippen LogP contribution is 2.33. The van der Waals surface area contributed by atoms with Crippen molar-refractivity contribution in [2.75, 3.05) is 17.7 Å². The van der Waals surface area contributed by atoms with Crippen LogP contribution >= 0.6 is 0 Å². The molecule has 1 aliphatic carbocycles. The van der Waals surface area contributed by atoms with Crippen LogP contribution in [0, 0.1) is 0 Å². The van der Waals surface area contributed by atoms with Crippen molar-refractivity contribution < 1.29 is 0 Å². The average molecular weight is 281 g/mol. The number of rotatable bonds is 3. The van der Waals surface area contributed by atoms with Crippen molar-refractivity contribution in [3.63, 3.8) is 0 Å². The Morgan fingerprint density at radius 2 is 1.71 bits per heavy atom. The molecule has 0 bridgehead atoms. The van der Waals surface area contributed by atoms with E-state index in [1.165, 1.54) is 37.7 Å². The molecule has 21 heavy (non-hydrogen) atoms. The minimum atomic E-state index is 0.710. The second-order valence-corrected chi connectivity index (χ2v) is 5.94. The summed E-state index contributed by atoms with van der Waals surface area (Å²) in [4.78, 5) is 6.73. The maximum absolute atomic E-state index is 5.73. The quantitative estimate of drug-likeness (QED) is 0.843. The van der Waals surface area contributed by atoms with E-state index < -0.39 is 0 Å². The second kappa shape index (κ2) is 6.17. The molecule has 110 valence electrons. The SMILES string of the molecule is CN(c1ccc(N)cc1)c1ccc(C2CCCCC2)cn1. The van der Waals surface area contributed by atoms with Gasteiger partial charge in [-0.2, -0.15) is 0 Å². The molecule has 0 spiro atoms. The molecule has 0 radical (unpaired) electrons. The van der Waals surface area contributed by atoms with E-state index in [1.807, 2.05) is 31.3 Å². The van der Waals surface area contributed by atoms with Gasteiger partial charge in [-0.3, -0.25) is 0 Å². The first-order valence-electron chi connectivity index (χ1n) is 7.79. The largest absolute Gasteiger partial charge is 0.399 e. The smallest absolute Gasteiger partial charge is 0.132 e. The van der Waals surface area contributed by atoms with E-state index in [0.717, 1.165) is 17.2 Å². The fraction of sp³-hybridized carbons (Fsp3) is 0.389. The van der Waals surface area contributed by atoms with Gasteiger partial charge in [-0.1, -0.05) is 25.3 Å². The van der Waals surface area contributed by atoms with Crippen molar-refractivity contribution >= 4 is 17.2 Å². The fourth-order valence-electron chi connectivity index (χ4n) is 3.10. The van der Waals surface area contributed by atoms with E-state index in [4.69, 9.17) is 5.73 Å². The van der Waals surface area contributed by atoms with Crippen LogP contribution in [0.25, 0.3) is 0 Å². The van der Waals surface area contributed by atoms with Crippen LogP contribution in [0.1, 0.15) is 43.6 Å². The first-order chi connectivity index (χ1) is 10.2. The van der Waals surface area contributed by atoms with E-state index in [1.54, 1.807) is 0 Å². The van der Waals surface area contributed by atoms with Crippen LogP contribution in [0.5, 0.6) is 0 Å². The third-order valence-corrected chi connectivity index (χ3v) is 4.47. The molecule has 1 aromatic heterocycles. The summed E-state index contributed by atoms with van der Waals surface area (Å²) < 4.78 is 0. The number of nitrogens with two attached hydrogens (primary N) is 1. The van der Waals surface area contributed by atoms with Gasteiger partial charge in [-0.15, -0.1) is 0 Å². The summed E-state index contributed by atoms with van der Waals surface area (Å²) in [7, 11) is 2.04. The van der Waals surface area contributed by atoms with Gasteiger partial charge in [0.15, 0.2) is 0 Å². The van der Waals surface area contributed by atoms with Crippen LogP contribution in [-0.2, 0) is 0 Å². The molecule has 3 nitrogen and oxygen atoms in total. The summed E-state index contributed by atoms with van der Waals surface area (Å²) in [5.41, 5.74) is 9.01. The molecule has 2 aromatic rings. The topological polar surface area (TPSA) is 42.1 Å². The lowest BCUT2D eigenvalue weighted by Crippen LogP contribution is -2.12. The van der Waals surface area contributed by atoms with Crippen molar-refractivity contribution in [1.29, 1.82) is 0 Å². The zero-order chi connectivity index (χ0) is 14.7. The zero-order valence-electron chi connectivity index (χ0n) is 12.6. The van der Waals surface area contributed by atoms with Crippen molar-refractivity contribution in [3.05, 3.63) is 48.2 Å². The maximum Gasteiger partial charge on any atom is 0.132 e. The first kappa shape index (κ1) is 13.9. The lowest BCUT2D eigenvalue weighted by Gasteiger charge is -2.23. The summed E-state index contributed by atoms with van der Waals surface area (Å²) in [6.07, 6.45) is 8.79. The van der Waals surface area contributed by atoms with E-state index in [9.17, 15) is 0 Å². The summed E-state index contributed by atoms with van der Waals surface area (Å²) in [6.45, 7) is 0. The Kier molecular flexibility index (Phi) is 4.09. The minimum absolute atomic E-state index is 0.710. The lowest BCUT2D eigenvalue weighted by molar-refractivity contribution is 0.443. The normalized spacial score (nSPS) is 15.9. The number of nitrogens with zero attached hydrogens (tertiary/aromatic N) is 2. The summed E-state index contributed by atoms with van der Waals surface area (Å²) in [5.74, 6) is 1.68. The fourth-order valence-corrected chi connectivity index (χ4v) is 3.10. The molecule has 1 fully saturated rings. The highest BCUT2D eigenvalue weighted by Gasteiger charge is 2.16. The summed E-state index contributed by atoms with van der Waals surface area (Å²) >= 11 is 0. The monoisotopic (exact) mass is 281 g/mol. The van der Waals surface area contributed by atoms with Crippen molar-refractivity contribution in [2.24, 2.45) is 0 Å². The molecule has 0 saturated heterocycles. The molecule has 1 saturated carbocycles. The third kappa shape index (κ3) is 3.18. The number of anilines is 3. The van der Waals surface area contributed by atoms with Gasteiger partial charge in [-0.25, -0.2) is 4.98 Å². The first-order valence-corrected chi connectivity index (χ1v) is 7.79. The van der Waals surface area contributed by atoms with Gasteiger partial charge in [0.1, 0.15) is 5.82 Å². The minimum Gasteiger partial charge on any atom is -0.399 e. The van der Waals surface area contributed by atoms with Crippen molar-refractivity contribution in [1.82, 2.24) is 4.98 Å². The standard InChI is InChI=1S/C18H23N3/c1-21(17-10-8-16(19)9-11-17)18-12-7-15(13-20-18)14-5-3-2-4-6-14/h7-14H,2-6,19H2,1H3. The van der Waals surface area contributed by atoms with Crippen LogP contribution in [0.2, 0.25) is 0 Å². The van der Waals surface area contributed by atoms with E-state index in [0.29, 0.717) is 5.92 Å². The summed E-state index contributed by atoms with van der Waals surface area (Å²) in [5, 5.41) is 0. The van der Waals surface area contributed by atoms with Crippen LogP contribution < -0.4 is 10.6 Å². The number of hydrogen-bond acceptors (Lipinski definition) is 3. The molecular weight excluding hydrogens is 258 g/mol. The molecule has 2 N–H and O–H groups in total. The predicted molar refractivity (Wildman–Crippen MR) is 89.0 cm³/mol. The Labute approximate surface area is 126 Å². The Morgan fingerprint density at radius 1 is 1.00 bits per heavy atom. The van der Waals surface area contributed by atoms with E-state index in [-0.39, 0.29) is 0 Å². The molecule has 1 heterocycles. The Balaban J connectivity index is 1.75. The van der Waals surface area contributed by atoms with E-state index in [2.05, 4.69) is 28.2 Å². The molecular formula is C18H23N3. The average Bonchev–Trinajstić information content (AvgIpc) is 2.56. The number of pyridine rings is 1. The van der Waals surface area contributed by atoms with Gasteiger partial charge >= 0.3 is 0 Å².